The summed E-state index contributed by atoms with van der Waals surface area (Å²) in [6.07, 6.45) is -3.28. The number of anilines is 2. The zero-order valence-electron chi connectivity index (χ0n) is 21.0. The van der Waals surface area contributed by atoms with Crippen molar-refractivity contribution >= 4 is 23.0 Å². The summed E-state index contributed by atoms with van der Waals surface area (Å²) in [6, 6.07) is 6.64. The van der Waals surface area contributed by atoms with Gasteiger partial charge in [0.2, 0.25) is 5.78 Å². The van der Waals surface area contributed by atoms with Gasteiger partial charge in [0, 0.05) is 45.3 Å². The van der Waals surface area contributed by atoms with Gasteiger partial charge in [-0.3, -0.25) is 19.5 Å². The largest absolute Gasteiger partial charge is 0.463 e. The van der Waals surface area contributed by atoms with Crippen LogP contribution in [0.5, 0.6) is 0 Å². The maximum Gasteiger partial charge on any atom is 0.408 e. The molecule has 5 heterocycles. The van der Waals surface area contributed by atoms with Gasteiger partial charge in [-0.05, 0) is 24.3 Å². The van der Waals surface area contributed by atoms with Gasteiger partial charge in [0.15, 0.2) is 11.6 Å². The Morgan fingerprint density at radius 1 is 1.05 bits per heavy atom. The van der Waals surface area contributed by atoms with E-state index in [9.17, 15) is 26.7 Å². The molecule has 0 unspecified atom stereocenters. The Morgan fingerprint density at radius 3 is 2.50 bits per heavy atom. The Balaban J connectivity index is 1.30. The molecule has 11 nitrogen and oxygen atoms in total. The quantitative estimate of drug-likeness (QED) is 0.282. The summed E-state index contributed by atoms with van der Waals surface area (Å²) in [5.74, 6) is 5.20. The summed E-state index contributed by atoms with van der Waals surface area (Å²) in [5.41, 5.74) is -0.241. The summed E-state index contributed by atoms with van der Waals surface area (Å²) in [6.45, 7) is 0.723. The monoisotopic (exact) mass is 565 g/mol. The maximum absolute atomic E-state index is 14.2. The Bertz CT molecular complexity index is 1630. The Morgan fingerprint density at radius 2 is 1.82 bits per heavy atom. The molecular weight excluding hydrogens is 541 g/mol. The molecule has 212 valence electrons. The number of benzene rings is 1. The lowest BCUT2D eigenvalue weighted by molar-refractivity contribution is -0.143. The van der Waals surface area contributed by atoms with Crippen molar-refractivity contribution in [3.63, 3.8) is 0 Å². The number of hydrogen-bond donors (Lipinski definition) is 1. The molecule has 0 radical (unpaired) electrons. The molecule has 6 rings (SSSR count). The average molecular weight is 566 g/mol. The third-order valence-corrected chi connectivity index (χ3v) is 6.98. The molecule has 2 aliphatic rings. The normalized spacial score (nSPS) is 16.6. The average Bonchev–Trinajstić information content (AvgIpc) is 3.62. The predicted octanol–water partition coefficient (Wildman–Crippen LogP) is 2.04. The molecule has 0 spiro atoms. The number of furan rings is 1. The van der Waals surface area contributed by atoms with E-state index in [4.69, 9.17) is 10.3 Å². The second-order valence-corrected chi connectivity index (χ2v) is 9.52. The van der Waals surface area contributed by atoms with Gasteiger partial charge in [-0.1, -0.05) is 0 Å². The van der Waals surface area contributed by atoms with E-state index in [0.717, 1.165) is 10.6 Å². The molecule has 1 aromatic carbocycles. The van der Waals surface area contributed by atoms with Crippen molar-refractivity contribution in [2.75, 3.05) is 49.3 Å². The highest BCUT2D eigenvalue weighted by molar-refractivity contribution is 6.14. The van der Waals surface area contributed by atoms with Crippen molar-refractivity contribution in [1.82, 2.24) is 23.6 Å². The zero-order valence-corrected chi connectivity index (χ0v) is 21.0. The van der Waals surface area contributed by atoms with E-state index >= 15 is 0 Å². The number of fused-ring (bicyclic) bond motifs is 3. The van der Waals surface area contributed by atoms with E-state index in [1.54, 1.807) is 17.0 Å². The lowest BCUT2D eigenvalue weighted by Crippen LogP contribution is -2.48. The van der Waals surface area contributed by atoms with Crippen molar-refractivity contribution in [1.29, 1.82) is 0 Å². The molecule has 2 N–H and O–H groups in total. The fourth-order valence-corrected chi connectivity index (χ4v) is 5.10. The topological polar surface area (TPSA) is 105 Å². The smallest absolute Gasteiger partial charge is 0.408 e. The van der Waals surface area contributed by atoms with Gasteiger partial charge < -0.3 is 9.32 Å². The number of nitrogens with zero attached hydrogens (tertiary/aromatic N) is 8. The van der Waals surface area contributed by atoms with E-state index in [1.807, 2.05) is 4.90 Å². The number of hydrazine groups is 1. The van der Waals surface area contributed by atoms with Crippen LogP contribution in [-0.2, 0) is 13.1 Å². The summed E-state index contributed by atoms with van der Waals surface area (Å²) in [4.78, 5) is 25.9. The first-order valence-corrected chi connectivity index (χ1v) is 12.4. The molecule has 0 atom stereocenters. The first-order valence-electron chi connectivity index (χ1n) is 12.4. The van der Waals surface area contributed by atoms with Gasteiger partial charge in [0.25, 0.3) is 0 Å². The van der Waals surface area contributed by atoms with Crippen molar-refractivity contribution in [3.8, 4) is 0 Å². The molecule has 1 fully saturated rings. The van der Waals surface area contributed by atoms with Crippen molar-refractivity contribution in [3.05, 3.63) is 70.2 Å². The fourth-order valence-electron chi connectivity index (χ4n) is 5.10. The molecule has 4 aromatic rings. The molecule has 2 aliphatic heterocycles. The van der Waals surface area contributed by atoms with E-state index in [1.165, 1.54) is 28.0 Å². The van der Waals surface area contributed by atoms with Gasteiger partial charge >= 0.3 is 11.9 Å². The summed E-state index contributed by atoms with van der Waals surface area (Å²) < 4.78 is 76.6. The standard InChI is InChI=1S/C24H24F5N9O2/c25-15-3-4-17(16(26)12-15)34-8-5-33(6-9-34)7-10-35-22-32-21-20(38(22)37(23(35)39)13-24(27,28)29)19(31-14-36(21)30)18-2-1-11-40-18/h1-4,11-12H,5-10,13-14,30H2. The lowest BCUT2D eigenvalue weighted by Gasteiger charge is -2.36. The number of aromatic nitrogens is 4. The van der Waals surface area contributed by atoms with Crippen LogP contribution in [0.25, 0.3) is 5.78 Å². The lowest BCUT2D eigenvalue weighted by atomic mass is 10.2. The van der Waals surface area contributed by atoms with Crippen molar-refractivity contribution < 1.29 is 26.4 Å². The first-order chi connectivity index (χ1) is 19.1. The Kier molecular flexibility index (Phi) is 6.37. The van der Waals surface area contributed by atoms with E-state index in [0.29, 0.717) is 48.9 Å². The van der Waals surface area contributed by atoms with Gasteiger partial charge in [0.1, 0.15) is 36.3 Å². The van der Waals surface area contributed by atoms with Crippen LogP contribution >= 0.6 is 0 Å². The second kappa shape index (κ2) is 9.78. The number of aliphatic imine (C=N–C) groups is 1. The highest BCUT2D eigenvalue weighted by atomic mass is 19.4. The number of piperazine rings is 1. The second-order valence-electron chi connectivity index (χ2n) is 9.52. The molecule has 0 bridgehead atoms. The summed E-state index contributed by atoms with van der Waals surface area (Å²) in [7, 11) is 0. The first kappa shape index (κ1) is 26.1. The molecule has 1 saturated heterocycles. The number of nitrogens with two attached hydrogens (primary N) is 1. The van der Waals surface area contributed by atoms with Gasteiger partial charge in [-0.15, -0.1) is 0 Å². The van der Waals surface area contributed by atoms with Gasteiger partial charge in [-0.25, -0.2) is 28.6 Å². The van der Waals surface area contributed by atoms with E-state index in [-0.39, 0.29) is 36.2 Å². The maximum atomic E-state index is 14.2. The minimum atomic E-state index is -4.69. The van der Waals surface area contributed by atoms with Crippen molar-refractivity contribution in [2.45, 2.75) is 19.3 Å². The number of rotatable bonds is 6. The van der Waals surface area contributed by atoms with E-state index in [2.05, 4.69) is 9.98 Å². The predicted molar refractivity (Wildman–Crippen MR) is 134 cm³/mol. The minimum absolute atomic E-state index is 0.00830. The minimum Gasteiger partial charge on any atom is -0.463 e. The molecular formula is C24H24F5N9O2. The fraction of sp³-hybridized carbons (Fsp3) is 0.375. The van der Waals surface area contributed by atoms with Crippen LogP contribution in [-0.4, -0.2) is 74.9 Å². The van der Waals surface area contributed by atoms with Crippen molar-refractivity contribution in [2.24, 2.45) is 10.8 Å². The molecule has 0 aliphatic carbocycles. The Hall–Kier alpha value is -4.18. The van der Waals surface area contributed by atoms with Gasteiger partial charge in [0.05, 0.1) is 12.0 Å². The van der Waals surface area contributed by atoms with Crippen LogP contribution in [0, 0.1) is 11.6 Å². The molecule has 0 saturated carbocycles. The Labute approximate surface area is 223 Å². The van der Waals surface area contributed by atoms with Gasteiger partial charge in [-0.2, -0.15) is 18.2 Å². The van der Waals surface area contributed by atoms with Crippen LogP contribution in [0.3, 0.4) is 0 Å². The highest BCUT2D eigenvalue weighted by Crippen LogP contribution is 2.28. The number of hydrogen-bond acceptors (Lipinski definition) is 8. The molecule has 16 heteroatoms. The van der Waals surface area contributed by atoms with Crippen LogP contribution < -0.4 is 21.4 Å². The SMILES string of the molecule is NN1CN=C(c2ccco2)c2c1nc1n(CCN3CCN(c4ccc(F)cc4F)CC3)c(=O)n(CC(F)(F)F)n21. The molecule has 40 heavy (non-hydrogen) atoms. The molecule has 0 amide bonds. The third kappa shape index (κ3) is 4.62. The number of alkyl halides is 3. The van der Waals surface area contributed by atoms with Crippen LogP contribution in [0.4, 0.5) is 33.5 Å². The van der Waals surface area contributed by atoms with E-state index < -0.39 is 30.0 Å². The van der Waals surface area contributed by atoms with Crippen LogP contribution in [0.15, 0.2) is 50.8 Å². The summed E-state index contributed by atoms with van der Waals surface area (Å²) >= 11 is 0. The zero-order chi connectivity index (χ0) is 28.2. The highest BCUT2D eigenvalue weighted by Gasteiger charge is 2.36. The summed E-state index contributed by atoms with van der Waals surface area (Å²) in [5, 5.41) is 1.19. The number of imidazole rings is 1. The molecule has 3 aromatic heterocycles. The van der Waals surface area contributed by atoms with Crippen LogP contribution in [0.2, 0.25) is 0 Å². The third-order valence-electron chi connectivity index (χ3n) is 6.98. The van der Waals surface area contributed by atoms with Crippen LogP contribution in [0.1, 0.15) is 11.5 Å². The number of halogens is 5.